The Balaban J connectivity index is 2.41. The topological polar surface area (TPSA) is 101 Å². The number of benzene rings is 1. The highest BCUT2D eigenvalue weighted by atomic mass is 79.9. The number of halogens is 2. The van der Waals surface area contributed by atoms with Gasteiger partial charge < -0.3 is 5.73 Å². The van der Waals surface area contributed by atoms with E-state index in [1.54, 1.807) is 6.92 Å². The van der Waals surface area contributed by atoms with Crippen LogP contribution in [0.1, 0.15) is 11.3 Å². The third kappa shape index (κ3) is 2.84. The number of anilines is 1. The van der Waals surface area contributed by atoms with E-state index in [1.165, 1.54) is 6.07 Å². The van der Waals surface area contributed by atoms with Crippen molar-refractivity contribution in [3.63, 3.8) is 0 Å². The van der Waals surface area contributed by atoms with Crippen LogP contribution in [-0.2, 0) is 16.6 Å². The third-order valence-electron chi connectivity index (χ3n) is 2.67. The number of hydrogen-bond acceptors (Lipinski definition) is 4. The molecule has 0 saturated carbocycles. The maximum absolute atomic E-state index is 13.0. The lowest BCUT2D eigenvalue weighted by atomic mass is 10.3. The van der Waals surface area contributed by atoms with Crippen molar-refractivity contribution in [3.05, 3.63) is 39.7 Å². The number of nitrogens with one attached hydrogen (secondary N) is 2. The predicted molar refractivity (Wildman–Crippen MR) is 76.1 cm³/mol. The van der Waals surface area contributed by atoms with Crippen LogP contribution in [0.5, 0.6) is 0 Å². The van der Waals surface area contributed by atoms with Crippen molar-refractivity contribution in [2.75, 3.05) is 4.72 Å². The Bertz CT molecular complexity index is 745. The van der Waals surface area contributed by atoms with Crippen LogP contribution in [0, 0.1) is 12.7 Å². The Morgan fingerprint density at radius 2 is 2.20 bits per heavy atom. The molecule has 0 bridgehead atoms. The number of aromatic nitrogens is 2. The lowest BCUT2D eigenvalue weighted by molar-refractivity contribution is 0.595. The van der Waals surface area contributed by atoms with Crippen LogP contribution in [-0.4, -0.2) is 18.6 Å². The fourth-order valence-electron chi connectivity index (χ4n) is 1.66. The minimum absolute atomic E-state index is 0.0448. The quantitative estimate of drug-likeness (QED) is 0.772. The number of nitrogens with zero attached hydrogens (tertiary/aromatic N) is 1. The summed E-state index contributed by atoms with van der Waals surface area (Å²) in [6.45, 7) is 1.73. The molecule has 2 rings (SSSR count). The molecule has 0 spiro atoms. The highest BCUT2D eigenvalue weighted by Gasteiger charge is 2.23. The van der Waals surface area contributed by atoms with E-state index in [0.29, 0.717) is 15.7 Å². The first-order chi connectivity index (χ1) is 9.35. The second kappa shape index (κ2) is 5.51. The van der Waals surface area contributed by atoms with E-state index in [2.05, 4.69) is 30.8 Å². The van der Waals surface area contributed by atoms with Gasteiger partial charge in [0.2, 0.25) is 5.03 Å². The van der Waals surface area contributed by atoms with Gasteiger partial charge in [-0.1, -0.05) is 0 Å². The van der Waals surface area contributed by atoms with Gasteiger partial charge in [-0.2, -0.15) is 13.5 Å². The minimum atomic E-state index is -3.90. The van der Waals surface area contributed by atoms with Crippen molar-refractivity contribution >= 4 is 31.6 Å². The van der Waals surface area contributed by atoms with Crippen LogP contribution in [0.2, 0.25) is 0 Å². The van der Waals surface area contributed by atoms with Gasteiger partial charge >= 0.3 is 0 Å². The molecule has 0 aliphatic rings. The van der Waals surface area contributed by atoms with Crippen molar-refractivity contribution in [3.8, 4) is 0 Å². The van der Waals surface area contributed by atoms with E-state index in [1.807, 2.05) is 0 Å². The van der Waals surface area contributed by atoms with Crippen LogP contribution in [0.4, 0.5) is 10.1 Å². The van der Waals surface area contributed by atoms with E-state index < -0.39 is 15.8 Å². The van der Waals surface area contributed by atoms with Crippen molar-refractivity contribution in [1.29, 1.82) is 0 Å². The Morgan fingerprint density at radius 3 is 2.80 bits per heavy atom. The molecule has 0 atom stereocenters. The van der Waals surface area contributed by atoms with Crippen molar-refractivity contribution in [1.82, 2.24) is 10.2 Å². The maximum atomic E-state index is 13.0. The van der Waals surface area contributed by atoms with Crippen LogP contribution in [0.3, 0.4) is 0 Å². The van der Waals surface area contributed by atoms with Gasteiger partial charge in [-0.25, -0.2) is 4.39 Å². The summed E-state index contributed by atoms with van der Waals surface area (Å²) in [5, 5.41) is 6.18. The predicted octanol–water partition coefficient (Wildman–Crippen LogP) is 1.88. The minimum Gasteiger partial charge on any atom is -0.326 e. The Morgan fingerprint density at radius 1 is 1.50 bits per heavy atom. The zero-order valence-corrected chi connectivity index (χ0v) is 12.8. The van der Waals surface area contributed by atoms with Crippen molar-refractivity contribution in [2.24, 2.45) is 5.73 Å². The van der Waals surface area contributed by atoms with Gasteiger partial charge in [0, 0.05) is 22.3 Å². The normalized spacial score (nSPS) is 11.6. The van der Waals surface area contributed by atoms with E-state index in [9.17, 15) is 12.8 Å². The van der Waals surface area contributed by atoms with E-state index in [0.717, 1.165) is 12.1 Å². The van der Waals surface area contributed by atoms with Crippen LogP contribution < -0.4 is 10.5 Å². The molecule has 0 radical (unpaired) electrons. The van der Waals surface area contributed by atoms with Gasteiger partial charge in [0.25, 0.3) is 10.0 Å². The molecule has 0 aliphatic heterocycles. The fraction of sp³-hybridized carbons (Fsp3) is 0.182. The number of aromatic amines is 1. The molecular formula is C11H12BrFN4O2S. The van der Waals surface area contributed by atoms with Crippen LogP contribution in [0.25, 0.3) is 0 Å². The summed E-state index contributed by atoms with van der Waals surface area (Å²) in [5.74, 6) is -0.474. The van der Waals surface area contributed by atoms with Gasteiger partial charge in [0.05, 0.1) is 5.69 Å². The Kier molecular flexibility index (Phi) is 4.11. The first kappa shape index (κ1) is 14.9. The standard InChI is InChI=1S/C11H12BrFN4O2S/c1-6-8(5-14)11(16-15-6)20(18,19)17-10-3-2-7(13)4-9(10)12/h2-4,17H,5,14H2,1H3,(H,15,16). The molecule has 2 aromatic rings. The van der Waals surface area contributed by atoms with E-state index in [4.69, 9.17) is 5.73 Å². The second-order valence-electron chi connectivity index (χ2n) is 4.07. The van der Waals surface area contributed by atoms with Crippen molar-refractivity contribution in [2.45, 2.75) is 18.5 Å². The molecule has 1 aromatic carbocycles. The first-order valence-corrected chi connectivity index (χ1v) is 7.84. The fourth-order valence-corrected chi connectivity index (χ4v) is 3.53. The molecule has 108 valence electrons. The average Bonchev–Trinajstić information content (AvgIpc) is 2.74. The van der Waals surface area contributed by atoms with E-state index in [-0.39, 0.29) is 17.3 Å². The lowest BCUT2D eigenvalue weighted by Crippen LogP contribution is -2.16. The molecule has 0 aliphatic carbocycles. The number of aryl methyl sites for hydroxylation is 1. The molecular weight excluding hydrogens is 351 g/mol. The third-order valence-corrected chi connectivity index (χ3v) is 4.66. The summed E-state index contributed by atoms with van der Waals surface area (Å²) < 4.78 is 40.2. The molecule has 9 heteroatoms. The Hall–Kier alpha value is -1.45. The number of sulfonamides is 1. The van der Waals surface area contributed by atoms with E-state index >= 15 is 0 Å². The summed E-state index contributed by atoms with van der Waals surface area (Å²) in [6, 6.07) is 3.64. The van der Waals surface area contributed by atoms with Gasteiger partial charge in [-0.05, 0) is 41.1 Å². The SMILES string of the molecule is Cc1[nH]nc(S(=O)(=O)Nc2ccc(F)cc2Br)c1CN. The first-order valence-electron chi connectivity index (χ1n) is 5.57. The van der Waals surface area contributed by atoms with Crippen LogP contribution >= 0.6 is 15.9 Å². The summed E-state index contributed by atoms with van der Waals surface area (Å²) in [6.07, 6.45) is 0. The highest BCUT2D eigenvalue weighted by Crippen LogP contribution is 2.26. The van der Waals surface area contributed by atoms with Crippen LogP contribution in [0.15, 0.2) is 27.7 Å². The zero-order chi connectivity index (χ0) is 14.9. The molecule has 0 unspecified atom stereocenters. The molecule has 0 fully saturated rings. The molecule has 0 amide bonds. The summed E-state index contributed by atoms with van der Waals surface area (Å²) in [4.78, 5) is 0. The van der Waals surface area contributed by atoms with Gasteiger partial charge in [-0.3, -0.25) is 9.82 Å². The van der Waals surface area contributed by atoms with Gasteiger partial charge in [0.15, 0.2) is 0 Å². The second-order valence-corrected chi connectivity index (χ2v) is 6.52. The van der Waals surface area contributed by atoms with Gasteiger partial charge in [-0.15, -0.1) is 0 Å². The summed E-state index contributed by atoms with van der Waals surface area (Å²) >= 11 is 3.09. The molecule has 0 saturated heterocycles. The maximum Gasteiger partial charge on any atom is 0.281 e. The average molecular weight is 363 g/mol. The van der Waals surface area contributed by atoms with Crippen molar-refractivity contribution < 1.29 is 12.8 Å². The largest absolute Gasteiger partial charge is 0.326 e. The number of hydrogen-bond donors (Lipinski definition) is 3. The smallest absolute Gasteiger partial charge is 0.281 e. The number of H-pyrrole nitrogens is 1. The molecule has 1 aromatic heterocycles. The molecule has 1 heterocycles. The summed E-state index contributed by atoms with van der Waals surface area (Å²) in [7, 11) is -3.90. The number of rotatable bonds is 4. The molecule has 6 nitrogen and oxygen atoms in total. The van der Waals surface area contributed by atoms with Gasteiger partial charge in [0.1, 0.15) is 5.82 Å². The number of nitrogens with two attached hydrogens (primary N) is 1. The summed E-state index contributed by atoms with van der Waals surface area (Å²) in [5.41, 5.74) is 6.74. The zero-order valence-electron chi connectivity index (χ0n) is 10.4. The monoisotopic (exact) mass is 362 g/mol. The molecule has 20 heavy (non-hydrogen) atoms. The lowest BCUT2D eigenvalue weighted by Gasteiger charge is -2.09. The Labute approximate surface area is 123 Å². The molecule has 4 N–H and O–H groups in total. The highest BCUT2D eigenvalue weighted by molar-refractivity contribution is 9.10.